The zero-order valence-electron chi connectivity index (χ0n) is 6.06. The summed E-state index contributed by atoms with van der Waals surface area (Å²) in [4.78, 5) is 11.5. The van der Waals surface area contributed by atoms with Gasteiger partial charge in [0.15, 0.2) is 0 Å². The third kappa shape index (κ3) is 2.06. The predicted molar refractivity (Wildman–Crippen MR) is 36.4 cm³/mol. The maximum atomic E-state index is 10.2. The van der Waals surface area contributed by atoms with Gasteiger partial charge in [-0.2, -0.15) is 0 Å². The van der Waals surface area contributed by atoms with E-state index in [-0.39, 0.29) is 19.3 Å². The number of carboxylic acid groups (broad SMARTS) is 1. The van der Waals surface area contributed by atoms with E-state index in [1.807, 2.05) is 0 Å². The van der Waals surface area contributed by atoms with Crippen LogP contribution in [0.25, 0.3) is 0 Å². The van der Waals surface area contributed by atoms with Gasteiger partial charge in [-0.05, 0) is 0 Å². The molecule has 1 heterocycles. The molecule has 1 rings (SSSR count). The third-order valence-electron chi connectivity index (χ3n) is 1.56. The van der Waals surface area contributed by atoms with Crippen molar-refractivity contribution < 1.29 is 19.7 Å². The molecule has 0 aromatic heterocycles. The summed E-state index contributed by atoms with van der Waals surface area (Å²) in [7, 11) is 0. The van der Waals surface area contributed by atoms with E-state index in [1.165, 1.54) is 4.90 Å². The van der Waals surface area contributed by atoms with Crippen LogP contribution in [0, 0.1) is 0 Å². The van der Waals surface area contributed by atoms with Crippen molar-refractivity contribution in [3.8, 4) is 0 Å². The monoisotopic (exact) mass is 161 g/mol. The highest BCUT2D eigenvalue weighted by atomic mass is 16.5. The van der Waals surface area contributed by atoms with Gasteiger partial charge in [-0.25, -0.2) is 4.79 Å². The Bertz CT molecular complexity index is 144. The Morgan fingerprint density at radius 2 is 2.27 bits per heavy atom. The fraction of sp³-hybridized carbons (Fsp3) is 0.833. The number of rotatable bonds is 3. The molecule has 0 aliphatic carbocycles. The van der Waals surface area contributed by atoms with Gasteiger partial charge in [-0.1, -0.05) is 0 Å². The second-order valence-corrected chi connectivity index (χ2v) is 2.40. The number of ether oxygens (including phenoxy) is 1. The molecule has 0 bridgehead atoms. The lowest BCUT2D eigenvalue weighted by atomic mass is 10.2. The number of likely N-dealkylation sites (tertiary alicyclic amines) is 1. The van der Waals surface area contributed by atoms with Crippen LogP contribution in [0.1, 0.15) is 0 Å². The first kappa shape index (κ1) is 8.29. The first-order valence-corrected chi connectivity index (χ1v) is 3.44. The van der Waals surface area contributed by atoms with E-state index in [0.717, 1.165) is 0 Å². The van der Waals surface area contributed by atoms with Crippen LogP contribution in [0.5, 0.6) is 0 Å². The van der Waals surface area contributed by atoms with Gasteiger partial charge >= 0.3 is 6.09 Å². The molecule has 2 N–H and O–H groups in total. The van der Waals surface area contributed by atoms with Crippen molar-refractivity contribution in [1.82, 2.24) is 4.90 Å². The van der Waals surface area contributed by atoms with Crippen molar-refractivity contribution in [3.63, 3.8) is 0 Å². The van der Waals surface area contributed by atoms with E-state index in [4.69, 9.17) is 14.9 Å². The van der Waals surface area contributed by atoms with E-state index in [2.05, 4.69) is 0 Å². The first-order chi connectivity index (χ1) is 5.24. The van der Waals surface area contributed by atoms with Gasteiger partial charge in [0.2, 0.25) is 0 Å². The molecule has 0 saturated carbocycles. The van der Waals surface area contributed by atoms with E-state index in [1.54, 1.807) is 0 Å². The van der Waals surface area contributed by atoms with Crippen LogP contribution >= 0.6 is 0 Å². The van der Waals surface area contributed by atoms with E-state index < -0.39 is 6.09 Å². The maximum absolute atomic E-state index is 10.2. The van der Waals surface area contributed by atoms with Crippen LogP contribution < -0.4 is 0 Å². The molecular formula is C6H11NO4. The normalized spacial score (nSPS) is 18.1. The number of hydrogen-bond donors (Lipinski definition) is 2. The lowest BCUT2D eigenvalue weighted by molar-refractivity contribution is -0.0534. The van der Waals surface area contributed by atoms with Crippen LogP contribution in [-0.4, -0.2) is 53.6 Å². The molecule has 0 atom stereocenters. The first-order valence-electron chi connectivity index (χ1n) is 3.44. The molecule has 64 valence electrons. The van der Waals surface area contributed by atoms with Crippen molar-refractivity contribution in [2.45, 2.75) is 6.10 Å². The van der Waals surface area contributed by atoms with Crippen molar-refractivity contribution >= 4 is 6.09 Å². The predicted octanol–water partition coefficient (Wildman–Crippen LogP) is -0.642. The Morgan fingerprint density at radius 1 is 1.64 bits per heavy atom. The maximum Gasteiger partial charge on any atom is 0.407 e. The molecule has 0 radical (unpaired) electrons. The Morgan fingerprint density at radius 3 is 2.73 bits per heavy atom. The lowest BCUT2D eigenvalue weighted by Gasteiger charge is -2.36. The van der Waals surface area contributed by atoms with Crippen LogP contribution in [-0.2, 0) is 4.74 Å². The van der Waals surface area contributed by atoms with Crippen molar-refractivity contribution in [1.29, 1.82) is 0 Å². The smallest absolute Gasteiger partial charge is 0.407 e. The standard InChI is InChI=1S/C6H11NO4/c8-1-2-11-5-3-7(4-5)6(9)10/h5,8H,1-4H2,(H,9,10). The molecule has 1 saturated heterocycles. The molecule has 1 fully saturated rings. The number of nitrogens with zero attached hydrogens (tertiary/aromatic N) is 1. The Balaban J connectivity index is 2.05. The Hall–Kier alpha value is -0.810. The number of aliphatic hydroxyl groups is 1. The summed E-state index contributed by atoms with van der Waals surface area (Å²) in [6.07, 6.45) is -0.924. The summed E-state index contributed by atoms with van der Waals surface area (Å²) in [6.45, 7) is 1.13. The van der Waals surface area contributed by atoms with E-state index >= 15 is 0 Å². The highest BCUT2D eigenvalue weighted by Crippen LogP contribution is 2.10. The second kappa shape index (κ2) is 3.54. The van der Waals surface area contributed by atoms with Crippen molar-refractivity contribution in [3.05, 3.63) is 0 Å². The minimum absolute atomic E-state index is 0.0103. The van der Waals surface area contributed by atoms with Gasteiger partial charge in [-0.15, -0.1) is 0 Å². The summed E-state index contributed by atoms with van der Waals surface area (Å²) in [5, 5.41) is 16.8. The topological polar surface area (TPSA) is 70.0 Å². The van der Waals surface area contributed by atoms with Gasteiger partial charge in [0, 0.05) is 0 Å². The molecule has 1 amide bonds. The van der Waals surface area contributed by atoms with Crippen LogP contribution in [0.4, 0.5) is 4.79 Å². The average molecular weight is 161 g/mol. The molecule has 0 aromatic carbocycles. The van der Waals surface area contributed by atoms with Crippen molar-refractivity contribution in [2.24, 2.45) is 0 Å². The van der Waals surface area contributed by atoms with Gasteiger partial charge < -0.3 is 19.8 Å². The highest BCUT2D eigenvalue weighted by Gasteiger charge is 2.30. The summed E-state index contributed by atoms with van der Waals surface area (Å²) in [5.74, 6) is 0. The number of carbonyl (C=O) groups is 1. The minimum Gasteiger partial charge on any atom is -0.465 e. The van der Waals surface area contributed by atoms with Gasteiger partial charge in [0.1, 0.15) is 0 Å². The fourth-order valence-corrected chi connectivity index (χ4v) is 0.919. The third-order valence-corrected chi connectivity index (χ3v) is 1.56. The van der Waals surface area contributed by atoms with Gasteiger partial charge in [0.05, 0.1) is 32.4 Å². The molecule has 0 spiro atoms. The van der Waals surface area contributed by atoms with Gasteiger partial charge in [-0.3, -0.25) is 0 Å². The molecule has 5 heteroatoms. The van der Waals surface area contributed by atoms with E-state index in [9.17, 15) is 4.79 Å². The molecule has 1 aliphatic heterocycles. The van der Waals surface area contributed by atoms with E-state index in [0.29, 0.717) is 13.1 Å². The molecule has 11 heavy (non-hydrogen) atoms. The zero-order valence-corrected chi connectivity index (χ0v) is 6.06. The highest BCUT2D eigenvalue weighted by molar-refractivity contribution is 5.66. The lowest BCUT2D eigenvalue weighted by Crippen LogP contribution is -2.54. The summed E-state index contributed by atoms with van der Waals surface area (Å²) in [5.41, 5.74) is 0. The second-order valence-electron chi connectivity index (χ2n) is 2.40. The zero-order chi connectivity index (χ0) is 8.27. The van der Waals surface area contributed by atoms with Gasteiger partial charge in [0.25, 0.3) is 0 Å². The fourth-order valence-electron chi connectivity index (χ4n) is 0.919. The van der Waals surface area contributed by atoms with Crippen molar-refractivity contribution in [2.75, 3.05) is 26.3 Å². The summed E-state index contributed by atoms with van der Waals surface area (Å²) >= 11 is 0. The number of amides is 1. The average Bonchev–Trinajstić information content (AvgIpc) is 1.84. The quantitative estimate of drug-likeness (QED) is 0.577. The summed E-state index contributed by atoms with van der Waals surface area (Å²) < 4.78 is 5.05. The Kier molecular flexibility index (Phi) is 2.67. The molecule has 1 aliphatic rings. The molecule has 0 aromatic rings. The number of aliphatic hydroxyl groups excluding tert-OH is 1. The van der Waals surface area contributed by atoms with Crippen LogP contribution in [0.15, 0.2) is 0 Å². The molecule has 0 unspecified atom stereocenters. The number of hydrogen-bond acceptors (Lipinski definition) is 3. The molecule has 5 nitrogen and oxygen atoms in total. The SMILES string of the molecule is O=C(O)N1CC(OCCO)C1. The van der Waals surface area contributed by atoms with Crippen LogP contribution in [0.3, 0.4) is 0 Å². The summed E-state index contributed by atoms with van der Waals surface area (Å²) in [6, 6.07) is 0. The Labute approximate surface area is 64.2 Å². The van der Waals surface area contributed by atoms with Crippen LogP contribution in [0.2, 0.25) is 0 Å². The molecular weight excluding hydrogens is 150 g/mol. The minimum atomic E-state index is -0.908. The largest absolute Gasteiger partial charge is 0.465 e.